The van der Waals surface area contributed by atoms with Crippen molar-refractivity contribution in [2.24, 2.45) is 5.16 Å². The molecular weight excluding hydrogens is 645 g/mol. The molecule has 0 radical (unpaired) electrons. The summed E-state index contributed by atoms with van der Waals surface area (Å²) >= 11 is 2.96. The summed E-state index contributed by atoms with van der Waals surface area (Å²) in [7, 11) is 0. The monoisotopic (exact) mass is 666 g/mol. The van der Waals surface area contributed by atoms with Crippen molar-refractivity contribution < 1.29 is 39.0 Å². The molecule has 2 amide bonds. The molecule has 2 aliphatic heterocycles. The van der Waals surface area contributed by atoms with E-state index >= 15 is 0 Å². The number of rotatable bonds is 12. The van der Waals surface area contributed by atoms with Crippen molar-refractivity contribution >= 4 is 75.7 Å². The first-order chi connectivity index (χ1) is 20.8. The number of hydrogen-bond acceptors (Lipinski definition) is 15. The average Bonchev–Trinajstić information content (AvgIpc) is 3.40. The number of hydrogen-bond donors (Lipinski definition) is 5. The summed E-state index contributed by atoms with van der Waals surface area (Å²) in [5.41, 5.74) is 1.25. The third-order valence-corrected chi connectivity index (χ3v) is 8.74. The van der Waals surface area contributed by atoms with Crippen molar-refractivity contribution in [3.05, 3.63) is 54.5 Å². The Balaban J connectivity index is 1.54. The van der Waals surface area contributed by atoms with Crippen LogP contribution in [-0.4, -0.2) is 93.4 Å². The Morgan fingerprint density at radius 3 is 2.66 bits per heavy atom. The first-order valence-electron chi connectivity index (χ1n) is 12.2. The second kappa shape index (κ2) is 12.9. The fraction of sp³-hybridized carbons (Fsp3) is 0.304. The van der Waals surface area contributed by atoms with Crippen molar-refractivity contribution in [1.29, 1.82) is 0 Å². The van der Waals surface area contributed by atoms with E-state index in [1.54, 1.807) is 0 Å². The second-order valence-corrected chi connectivity index (χ2v) is 12.2. The van der Waals surface area contributed by atoms with Crippen LogP contribution in [0.25, 0.3) is 0 Å². The predicted molar refractivity (Wildman–Crippen MR) is 156 cm³/mol. The fourth-order valence-corrected chi connectivity index (χ4v) is 6.30. The third-order valence-electron chi connectivity index (χ3n) is 5.97. The molecule has 2 atom stereocenters. The highest BCUT2D eigenvalue weighted by atomic mass is 32.2. The standard InChI is InChI=1S/C23H22N8O10S3/c1-23(2,20(39)40)41-29-11(10-8-44-21(24)25-10)14(33)26-12-16(35)31-13(19(37)38)9(7-43-18(12)31)3-6-42-22-28-27-15(34)17(36)30(22)4-5-32/h3,5-6,8,12,18H,4,7H2,1-2H3,(H2,24,25)(H,26,33)(H,27,34)(H,37,38)(H,39,40)/b6-3+,29-11-. The van der Waals surface area contributed by atoms with E-state index in [0.717, 1.165) is 44.3 Å². The molecule has 18 nitrogen and oxygen atoms in total. The minimum atomic E-state index is -1.81. The Kier molecular flexibility index (Phi) is 9.39. The summed E-state index contributed by atoms with van der Waals surface area (Å²) in [6.07, 6.45) is 1.80. The fourth-order valence-electron chi connectivity index (χ4n) is 3.70. The first kappa shape index (κ1) is 32.2. The molecule has 0 saturated carbocycles. The van der Waals surface area contributed by atoms with Crippen LogP contribution in [0, 0.1) is 0 Å². The van der Waals surface area contributed by atoms with Crippen LogP contribution in [0.5, 0.6) is 0 Å². The van der Waals surface area contributed by atoms with Gasteiger partial charge in [0.25, 0.3) is 11.8 Å². The third kappa shape index (κ3) is 6.43. The maximum atomic E-state index is 13.2. The number of nitrogens with two attached hydrogens (primary N) is 1. The second-order valence-electron chi connectivity index (χ2n) is 9.30. The van der Waals surface area contributed by atoms with Crippen molar-refractivity contribution in [1.82, 2.24) is 30.0 Å². The van der Waals surface area contributed by atoms with Gasteiger partial charge in [0.05, 0.1) is 6.54 Å². The Morgan fingerprint density at radius 1 is 1.32 bits per heavy atom. The minimum Gasteiger partial charge on any atom is -0.478 e. The number of β-lactam (4-membered cyclic amide) rings is 1. The number of nitrogens with zero attached hydrogens (tertiary/aromatic N) is 5. The highest BCUT2D eigenvalue weighted by Gasteiger charge is 2.54. The van der Waals surface area contributed by atoms with E-state index in [0.29, 0.717) is 6.29 Å². The van der Waals surface area contributed by atoms with E-state index in [2.05, 4.69) is 20.6 Å². The number of carboxylic acid groups (broad SMARTS) is 2. The summed E-state index contributed by atoms with van der Waals surface area (Å²) in [6.45, 7) is 2.00. The highest BCUT2D eigenvalue weighted by molar-refractivity contribution is 8.02. The number of oxime groups is 1. The Bertz CT molecular complexity index is 1760. The smallest absolute Gasteiger partial charge is 0.352 e. The molecule has 0 aromatic carbocycles. The summed E-state index contributed by atoms with van der Waals surface area (Å²) in [4.78, 5) is 94.4. The minimum absolute atomic E-state index is 0.0299. The van der Waals surface area contributed by atoms with Gasteiger partial charge in [-0.2, -0.15) is 0 Å². The van der Waals surface area contributed by atoms with E-state index in [-0.39, 0.29) is 33.0 Å². The molecule has 44 heavy (non-hydrogen) atoms. The normalized spacial score (nSPS) is 18.5. The van der Waals surface area contributed by atoms with E-state index in [4.69, 9.17) is 10.6 Å². The van der Waals surface area contributed by atoms with Crippen molar-refractivity contribution in [3.63, 3.8) is 0 Å². The molecule has 232 valence electrons. The van der Waals surface area contributed by atoms with Gasteiger partial charge in [-0.25, -0.2) is 19.7 Å². The number of aromatic amines is 1. The Morgan fingerprint density at radius 2 is 2.05 bits per heavy atom. The number of aromatic nitrogens is 4. The van der Waals surface area contributed by atoms with Crippen LogP contribution >= 0.6 is 34.9 Å². The number of carbonyl (C=O) groups is 5. The topological polar surface area (TPSA) is 269 Å². The number of fused-ring (bicyclic) bond motifs is 1. The van der Waals surface area contributed by atoms with Gasteiger partial charge in [0.15, 0.2) is 16.0 Å². The number of aldehydes is 1. The molecular formula is C23H22N8O10S3. The lowest BCUT2D eigenvalue weighted by molar-refractivity contribution is -0.161. The molecule has 21 heteroatoms. The molecule has 1 saturated heterocycles. The molecule has 4 heterocycles. The predicted octanol–water partition coefficient (Wildman–Crippen LogP) is -1.20. The van der Waals surface area contributed by atoms with E-state index in [1.165, 1.54) is 30.7 Å². The number of nitrogens with one attached hydrogen (secondary N) is 2. The van der Waals surface area contributed by atoms with Gasteiger partial charge in [-0.3, -0.25) is 28.6 Å². The SMILES string of the molecule is CC(C)(O/N=C(\C(=O)NC1C(=O)N2C(C(=O)O)=C(/C=C/Sc3n[nH]c(=O)c(=O)n3CC=O)CSC12)c1csc(N)n1)C(=O)O. The largest absolute Gasteiger partial charge is 0.478 e. The quantitative estimate of drug-likeness (QED) is 0.0444. The van der Waals surface area contributed by atoms with Gasteiger partial charge in [0, 0.05) is 11.1 Å². The van der Waals surface area contributed by atoms with Gasteiger partial charge in [0.2, 0.25) is 5.60 Å². The molecule has 6 N–H and O–H groups in total. The first-order valence-corrected chi connectivity index (χ1v) is 15.0. The maximum absolute atomic E-state index is 13.2. The van der Waals surface area contributed by atoms with Crippen molar-refractivity contribution in [2.45, 2.75) is 42.6 Å². The summed E-state index contributed by atoms with van der Waals surface area (Å²) < 4.78 is 0.844. The van der Waals surface area contributed by atoms with Gasteiger partial charge >= 0.3 is 23.1 Å². The molecule has 0 bridgehead atoms. The molecule has 2 unspecified atom stereocenters. The number of nitrogen functional groups attached to an aromatic ring is 1. The number of aliphatic carboxylic acids is 2. The van der Waals surface area contributed by atoms with Crippen LogP contribution in [0.4, 0.5) is 5.13 Å². The van der Waals surface area contributed by atoms with Crippen LogP contribution in [0.2, 0.25) is 0 Å². The lowest BCUT2D eigenvalue weighted by Gasteiger charge is -2.49. The number of carboxylic acids is 2. The number of anilines is 1. The molecule has 1 fully saturated rings. The van der Waals surface area contributed by atoms with Gasteiger partial charge in [-0.05, 0) is 30.9 Å². The Labute approximate surface area is 258 Å². The molecule has 2 aliphatic rings. The van der Waals surface area contributed by atoms with E-state index < -0.39 is 64.1 Å². The molecule has 2 aromatic rings. The van der Waals surface area contributed by atoms with Gasteiger partial charge in [-0.1, -0.05) is 16.9 Å². The highest BCUT2D eigenvalue weighted by Crippen LogP contribution is 2.41. The average molecular weight is 667 g/mol. The number of thioether (sulfide) groups is 2. The van der Waals surface area contributed by atoms with Gasteiger partial charge in [-0.15, -0.1) is 28.2 Å². The Hall–Kier alpha value is -4.76. The number of H-pyrrole nitrogens is 1. The van der Waals surface area contributed by atoms with Crippen LogP contribution in [0.1, 0.15) is 19.5 Å². The van der Waals surface area contributed by atoms with Crippen LogP contribution in [0.15, 0.2) is 48.0 Å². The number of carbonyl (C=O) groups excluding carboxylic acids is 3. The van der Waals surface area contributed by atoms with Gasteiger partial charge in [0.1, 0.15) is 29.1 Å². The van der Waals surface area contributed by atoms with E-state index in [1.807, 2.05) is 5.10 Å². The number of allylic oxidation sites excluding steroid dienone is 1. The lowest BCUT2D eigenvalue weighted by atomic mass is 10.0. The van der Waals surface area contributed by atoms with Crippen molar-refractivity contribution in [3.8, 4) is 0 Å². The summed E-state index contributed by atoms with van der Waals surface area (Å²) in [6, 6.07) is -1.17. The maximum Gasteiger partial charge on any atom is 0.352 e. The number of thiazole rings is 1. The summed E-state index contributed by atoms with van der Waals surface area (Å²) in [5, 5.41) is 33.1. The molecule has 0 spiro atoms. The molecule has 4 rings (SSSR count). The van der Waals surface area contributed by atoms with Crippen LogP contribution in [-0.2, 0) is 35.4 Å². The van der Waals surface area contributed by atoms with Crippen LogP contribution in [0.3, 0.4) is 0 Å². The van der Waals surface area contributed by atoms with Gasteiger partial charge < -0.3 is 30.9 Å². The lowest BCUT2D eigenvalue weighted by Crippen LogP contribution is -2.71. The number of amides is 2. The van der Waals surface area contributed by atoms with E-state index in [9.17, 15) is 43.8 Å². The zero-order valence-corrected chi connectivity index (χ0v) is 25.0. The molecule has 0 aliphatic carbocycles. The summed E-state index contributed by atoms with van der Waals surface area (Å²) in [5.74, 6) is -4.35. The zero-order valence-electron chi connectivity index (χ0n) is 22.6. The molecule has 2 aromatic heterocycles. The van der Waals surface area contributed by atoms with Crippen LogP contribution < -0.4 is 22.2 Å². The zero-order chi connectivity index (χ0) is 32.3. The van der Waals surface area contributed by atoms with Crippen molar-refractivity contribution in [2.75, 3.05) is 11.5 Å².